The molecular formula is C25H32N4O8S. The fraction of sp³-hybridized carbons (Fsp3) is 0.480. The third kappa shape index (κ3) is 5.03. The molecule has 206 valence electrons. The van der Waals surface area contributed by atoms with Crippen LogP contribution < -0.4 is 10.2 Å². The molecule has 3 aromatic rings. The van der Waals surface area contributed by atoms with Crippen LogP contribution in [0, 0.1) is 0 Å². The summed E-state index contributed by atoms with van der Waals surface area (Å²) in [6.07, 6.45) is -5.23. The van der Waals surface area contributed by atoms with Crippen LogP contribution in [-0.2, 0) is 10.0 Å². The van der Waals surface area contributed by atoms with Crippen LogP contribution in [0.3, 0.4) is 0 Å². The number of pyridine rings is 1. The molecule has 2 fully saturated rings. The molecule has 13 heteroatoms. The van der Waals surface area contributed by atoms with Gasteiger partial charge in [0.1, 0.15) is 6.10 Å². The lowest BCUT2D eigenvalue weighted by molar-refractivity contribution is -0.0604. The van der Waals surface area contributed by atoms with Gasteiger partial charge < -0.3 is 40.9 Å². The Hall–Kier alpha value is -2.62. The Bertz CT molecular complexity index is 1430. The summed E-state index contributed by atoms with van der Waals surface area (Å²) in [6, 6.07) is 10.1. The van der Waals surface area contributed by atoms with Gasteiger partial charge in [-0.2, -0.15) is 4.31 Å². The third-order valence-electron chi connectivity index (χ3n) is 7.09. The van der Waals surface area contributed by atoms with Crippen LogP contribution in [0.25, 0.3) is 21.8 Å². The number of hydrogen-bond acceptors (Lipinski definition) is 11. The quantitative estimate of drug-likeness (QED) is 0.151. The van der Waals surface area contributed by atoms with E-state index in [0.29, 0.717) is 40.6 Å². The van der Waals surface area contributed by atoms with E-state index in [4.69, 9.17) is 10.1 Å². The number of aliphatic hydroxyl groups is 6. The molecule has 0 aliphatic carbocycles. The Labute approximate surface area is 219 Å². The van der Waals surface area contributed by atoms with Crippen molar-refractivity contribution in [2.24, 2.45) is 0 Å². The van der Waals surface area contributed by atoms with Crippen molar-refractivity contribution < 1.29 is 39.1 Å². The molecule has 38 heavy (non-hydrogen) atoms. The van der Waals surface area contributed by atoms with Crippen molar-refractivity contribution in [1.82, 2.24) is 9.29 Å². The van der Waals surface area contributed by atoms with Gasteiger partial charge in [-0.15, -0.1) is 0 Å². The predicted molar refractivity (Wildman–Crippen MR) is 140 cm³/mol. The van der Waals surface area contributed by atoms with E-state index < -0.39 is 40.5 Å². The van der Waals surface area contributed by atoms with Gasteiger partial charge in [0.05, 0.1) is 46.0 Å². The lowest BCUT2D eigenvalue weighted by Gasteiger charge is -2.39. The summed E-state index contributed by atoms with van der Waals surface area (Å²) in [4.78, 5) is 6.75. The van der Waals surface area contributed by atoms with Gasteiger partial charge >= 0.3 is 0 Å². The Morgan fingerprint density at radius 3 is 2.18 bits per heavy atom. The number of hydrogen-bond donors (Lipinski definition) is 7. The molecule has 5 rings (SSSR count). The molecule has 2 aromatic carbocycles. The molecule has 7 N–H and O–H groups in total. The highest BCUT2D eigenvalue weighted by atomic mass is 32.2. The van der Waals surface area contributed by atoms with E-state index in [-0.39, 0.29) is 37.6 Å². The topological polar surface area (TPSA) is 187 Å². The Balaban J connectivity index is 1.51. The summed E-state index contributed by atoms with van der Waals surface area (Å²) < 4.78 is 27.4. The maximum atomic E-state index is 13.1. The predicted octanol–water partition coefficient (Wildman–Crippen LogP) is -1.19. The molecule has 0 unspecified atom stereocenters. The Kier molecular flexibility index (Phi) is 7.46. The zero-order valence-corrected chi connectivity index (χ0v) is 21.4. The van der Waals surface area contributed by atoms with Crippen molar-refractivity contribution in [2.45, 2.75) is 41.8 Å². The molecule has 1 aromatic heterocycles. The van der Waals surface area contributed by atoms with Crippen LogP contribution in [0.1, 0.15) is 6.42 Å². The van der Waals surface area contributed by atoms with Crippen molar-refractivity contribution in [3.05, 3.63) is 36.4 Å². The van der Waals surface area contributed by atoms with E-state index in [1.54, 1.807) is 30.3 Å². The summed E-state index contributed by atoms with van der Waals surface area (Å²) in [5.41, 5.74) is 2.56. The molecule has 3 atom stereocenters. The van der Waals surface area contributed by atoms with Crippen LogP contribution in [0.5, 0.6) is 0 Å². The summed E-state index contributed by atoms with van der Waals surface area (Å²) in [6.45, 7) is 0.449. The highest BCUT2D eigenvalue weighted by Gasteiger charge is 2.36. The highest BCUT2D eigenvalue weighted by Crippen LogP contribution is 2.39. The minimum Gasteiger partial charge on any atom is -0.396 e. The molecule has 3 heterocycles. The second-order valence-corrected chi connectivity index (χ2v) is 11.9. The van der Waals surface area contributed by atoms with E-state index in [0.717, 1.165) is 5.69 Å². The average molecular weight is 549 g/mol. The molecule has 2 saturated heterocycles. The summed E-state index contributed by atoms with van der Waals surface area (Å²) in [5, 5.41) is 63.0. The number of sulfonamides is 1. The number of β-amino-alcohol motifs (C(OH)–C–C–N with tert-alkyl or cyclic N) is 2. The van der Waals surface area contributed by atoms with Gasteiger partial charge in [-0.05, 0) is 42.8 Å². The molecule has 2 aliphatic rings. The number of nitrogens with one attached hydrogen (secondary N) is 1. The average Bonchev–Trinajstić information content (AvgIpc) is 2.86. The molecule has 12 nitrogen and oxygen atoms in total. The Morgan fingerprint density at radius 1 is 0.921 bits per heavy atom. The first-order chi connectivity index (χ1) is 18.1. The minimum absolute atomic E-state index is 0.0497. The molecule has 0 saturated carbocycles. The minimum atomic E-state index is -3.79. The second kappa shape index (κ2) is 10.5. The van der Waals surface area contributed by atoms with Crippen molar-refractivity contribution in [2.75, 3.05) is 49.5 Å². The lowest BCUT2D eigenvalue weighted by Crippen LogP contribution is -2.53. The number of nitrogens with zero attached hydrogens (tertiary/aromatic N) is 3. The molecule has 2 aliphatic heterocycles. The van der Waals surface area contributed by atoms with Crippen molar-refractivity contribution in [3.63, 3.8) is 0 Å². The second-order valence-electron chi connectivity index (χ2n) is 9.92. The van der Waals surface area contributed by atoms with Crippen LogP contribution in [-0.4, -0.2) is 118 Å². The van der Waals surface area contributed by atoms with Crippen molar-refractivity contribution in [1.29, 1.82) is 0 Å². The maximum absolute atomic E-state index is 13.1. The van der Waals surface area contributed by atoms with Gasteiger partial charge in [0.15, 0.2) is 0 Å². The number of fused-ring (bicyclic) bond motifs is 2. The van der Waals surface area contributed by atoms with Crippen molar-refractivity contribution >= 4 is 43.2 Å². The van der Waals surface area contributed by atoms with Gasteiger partial charge in [-0.3, -0.25) is 0 Å². The highest BCUT2D eigenvalue weighted by molar-refractivity contribution is 7.89. The standard InChI is InChI=1S/C25H32N4O8S/c30-6-5-22(33)25(35)23(34)9-26-14-1-3-20-18(7-14)24(28-10-15(31)11-28)19-8-17(2-4-21(19)27-20)38(36,37)29-12-16(32)13-29/h1-4,7-8,15-16,22-23,25-26,30-35H,5-6,9-13H2/t22-,23+,25+/m1/s1. The fourth-order valence-electron chi connectivity index (χ4n) is 4.81. The van der Waals surface area contributed by atoms with Gasteiger partial charge in [-0.1, -0.05) is 0 Å². The molecular weight excluding hydrogens is 516 g/mol. The van der Waals surface area contributed by atoms with E-state index in [2.05, 4.69) is 5.32 Å². The summed E-state index contributed by atoms with van der Waals surface area (Å²) in [5.74, 6) is 0. The van der Waals surface area contributed by atoms with Crippen LogP contribution in [0.2, 0.25) is 0 Å². The number of aliphatic hydroxyl groups excluding tert-OH is 6. The van der Waals surface area contributed by atoms with Gasteiger partial charge in [0, 0.05) is 55.8 Å². The lowest BCUT2D eigenvalue weighted by atomic mass is 10.0. The summed E-state index contributed by atoms with van der Waals surface area (Å²) >= 11 is 0. The van der Waals surface area contributed by atoms with Gasteiger partial charge in [-0.25, -0.2) is 13.4 Å². The molecule has 0 radical (unpaired) electrons. The van der Waals surface area contributed by atoms with Crippen LogP contribution >= 0.6 is 0 Å². The van der Waals surface area contributed by atoms with Gasteiger partial charge in [0.2, 0.25) is 10.0 Å². The van der Waals surface area contributed by atoms with E-state index >= 15 is 0 Å². The summed E-state index contributed by atoms with van der Waals surface area (Å²) in [7, 11) is -3.79. The first-order valence-corrected chi connectivity index (χ1v) is 13.9. The van der Waals surface area contributed by atoms with Crippen LogP contribution in [0.15, 0.2) is 41.3 Å². The molecule has 0 amide bonds. The molecule has 0 bridgehead atoms. The number of aromatic nitrogens is 1. The largest absolute Gasteiger partial charge is 0.396 e. The zero-order chi connectivity index (χ0) is 27.2. The zero-order valence-electron chi connectivity index (χ0n) is 20.6. The normalized spacial score (nSPS) is 19.8. The number of anilines is 2. The van der Waals surface area contributed by atoms with E-state index in [9.17, 15) is 34.0 Å². The molecule has 0 spiro atoms. The first-order valence-electron chi connectivity index (χ1n) is 12.5. The third-order valence-corrected chi connectivity index (χ3v) is 8.92. The number of rotatable bonds is 10. The van der Waals surface area contributed by atoms with E-state index in [1.807, 2.05) is 4.90 Å². The van der Waals surface area contributed by atoms with Crippen molar-refractivity contribution in [3.8, 4) is 0 Å². The Morgan fingerprint density at radius 2 is 1.55 bits per heavy atom. The maximum Gasteiger partial charge on any atom is 0.243 e. The smallest absolute Gasteiger partial charge is 0.243 e. The first kappa shape index (κ1) is 27.0. The van der Waals surface area contributed by atoms with Gasteiger partial charge in [0.25, 0.3) is 0 Å². The van der Waals surface area contributed by atoms with Crippen LogP contribution in [0.4, 0.5) is 11.4 Å². The fourth-order valence-corrected chi connectivity index (χ4v) is 6.36. The SMILES string of the molecule is O=S(=O)(c1ccc2nc3ccc(NC[C@H](O)[C@@H](O)[C@H](O)CCO)cc3c(N3CC(O)C3)c2c1)N1CC(O)C1. The number of benzene rings is 2. The van der Waals surface area contributed by atoms with E-state index in [1.165, 1.54) is 10.4 Å². The monoisotopic (exact) mass is 548 g/mol.